The molecule has 0 spiro atoms. The predicted octanol–water partition coefficient (Wildman–Crippen LogP) is 3.66. The van der Waals surface area contributed by atoms with Crippen LogP contribution < -0.4 is 5.32 Å². The lowest BCUT2D eigenvalue weighted by Crippen LogP contribution is -2.26. The van der Waals surface area contributed by atoms with Crippen molar-refractivity contribution in [1.29, 1.82) is 0 Å². The van der Waals surface area contributed by atoms with Crippen molar-refractivity contribution < 1.29 is 4.79 Å². The molecular weight excluding hydrogens is 324 g/mol. The zero-order chi connectivity index (χ0) is 18.5. The Bertz CT molecular complexity index is 780. The number of carbonyl (C=O) groups is 1. The molecule has 26 heavy (non-hydrogen) atoms. The molecule has 0 bridgehead atoms. The Morgan fingerprint density at radius 3 is 3.00 bits per heavy atom. The quantitative estimate of drug-likeness (QED) is 0.736. The first-order chi connectivity index (χ1) is 12.6. The highest BCUT2D eigenvalue weighted by atomic mass is 16.1. The first-order valence-corrected chi connectivity index (χ1v) is 9.42. The Labute approximate surface area is 155 Å². The second kappa shape index (κ2) is 8.21. The number of rotatable bonds is 7. The molecule has 2 N–H and O–H groups in total. The van der Waals surface area contributed by atoms with E-state index in [4.69, 9.17) is 4.99 Å². The van der Waals surface area contributed by atoms with Crippen LogP contribution >= 0.6 is 0 Å². The summed E-state index contributed by atoms with van der Waals surface area (Å²) in [7, 11) is 0. The Hall–Kier alpha value is -2.56. The molecule has 2 aliphatic rings. The average Bonchev–Trinajstić information content (AvgIpc) is 3.01. The molecule has 0 aromatic carbocycles. The molecule has 0 saturated heterocycles. The van der Waals surface area contributed by atoms with Gasteiger partial charge in [-0.25, -0.2) is 0 Å². The Morgan fingerprint density at radius 1 is 1.42 bits per heavy atom. The number of aromatic nitrogens is 1. The minimum atomic E-state index is 0.595. The second-order valence-electron chi connectivity index (χ2n) is 7.18. The summed E-state index contributed by atoms with van der Waals surface area (Å²) in [5.41, 5.74) is 6.83. The van der Waals surface area contributed by atoms with Gasteiger partial charge in [0.1, 0.15) is 0 Å². The van der Waals surface area contributed by atoms with Crippen molar-refractivity contribution in [3.05, 3.63) is 58.8 Å². The van der Waals surface area contributed by atoms with E-state index < -0.39 is 0 Å². The highest BCUT2D eigenvalue weighted by molar-refractivity contribution is 6.01. The molecule has 3 heterocycles. The second-order valence-corrected chi connectivity index (χ2v) is 7.18. The third-order valence-corrected chi connectivity index (χ3v) is 4.60. The number of allylic oxidation sites excluding steroid dienone is 3. The van der Waals surface area contributed by atoms with Crippen molar-refractivity contribution in [3.63, 3.8) is 0 Å². The van der Waals surface area contributed by atoms with Crippen LogP contribution in [0.2, 0.25) is 0 Å². The topological polar surface area (TPSA) is 60.5 Å². The van der Waals surface area contributed by atoms with Gasteiger partial charge in [0, 0.05) is 18.4 Å². The summed E-state index contributed by atoms with van der Waals surface area (Å²) in [6, 6.07) is 2.27. The summed E-state index contributed by atoms with van der Waals surface area (Å²) in [5, 5.41) is 2.80. The van der Waals surface area contributed by atoms with E-state index in [1.54, 1.807) is 0 Å². The Morgan fingerprint density at radius 2 is 2.27 bits per heavy atom. The fourth-order valence-corrected chi connectivity index (χ4v) is 3.53. The van der Waals surface area contributed by atoms with Crippen molar-refractivity contribution in [2.45, 2.75) is 46.6 Å². The van der Waals surface area contributed by atoms with Gasteiger partial charge in [0.05, 0.1) is 29.3 Å². The van der Waals surface area contributed by atoms with Crippen molar-refractivity contribution in [2.75, 3.05) is 6.54 Å². The average molecular weight is 352 g/mol. The molecule has 138 valence electrons. The predicted molar refractivity (Wildman–Crippen MR) is 106 cm³/mol. The molecule has 0 unspecified atom stereocenters. The molecule has 0 saturated carbocycles. The van der Waals surface area contributed by atoms with Crippen LogP contribution in [-0.2, 0) is 17.8 Å². The largest absolute Gasteiger partial charge is 0.356 e. The number of amides is 1. The normalized spacial score (nSPS) is 18.0. The maximum atomic E-state index is 10.9. The number of hydrogen-bond acceptors (Lipinski definition) is 3. The molecule has 0 aliphatic carbocycles. The number of H-pyrrole nitrogens is 1. The molecule has 5 heteroatoms. The van der Waals surface area contributed by atoms with Gasteiger partial charge in [0.15, 0.2) is 0 Å². The van der Waals surface area contributed by atoms with Gasteiger partial charge in [-0.05, 0) is 49.0 Å². The molecule has 3 rings (SSSR count). The first kappa shape index (κ1) is 18.2. The Balaban J connectivity index is 1.81. The van der Waals surface area contributed by atoms with E-state index >= 15 is 0 Å². The molecule has 0 radical (unpaired) electrons. The maximum Gasteiger partial charge on any atom is 0.211 e. The highest BCUT2D eigenvalue weighted by Crippen LogP contribution is 2.25. The van der Waals surface area contributed by atoms with Gasteiger partial charge in [-0.2, -0.15) is 0 Å². The number of aromatic amines is 1. The first-order valence-electron chi connectivity index (χ1n) is 9.42. The third kappa shape index (κ3) is 3.98. The molecule has 1 amide bonds. The van der Waals surface area contributed by atoms with Gasteiger partial charge in [0.25, 0.3) is 0 Å². The van der Waals surface area contributed by atoms with E-state index in [2.05, 4.69) is 54.3 Å². The number of nitrogens with one attached hydrogen (secondary N) is 2. The summed E-state index contributed by atoms with van der Waals surface area (Å²) >= 11 is 0. The SMILES string of the molecule is CC/C=C1/C(NC=O)=CC=CN1Cc1cc2c([nH]1)C(CC(C)C)=NCC2. The van der Waals surface area contributed by atoms with E-state index in [0.29, 0.717) is 5.92 Å². The molecule has 1 aromatic rings. The van der Waals surface area contributed by atoms with Crippen LogP contribution in [-0.4, -0.2) is 28.6 Å². The lowest BCUT2D eigenvalue weighted by atomic mass is 9.98. The fourth-order valence-electron chi connectivity index (χ4n) is 3.53. The molecule has 0 atom stereocenters. The van der Waals surface area contributed by atoms with Crippen molar-refractivity contribution in [3.8, 4) is 0 Å². The van der Waals surface area contributed by atoms with Crippen LogP contribution in [0, 0.1) is 5.92 Å². The summed E-state index contributed by atoms with van der Waals surface area (Å²) < 4.78 is 0. The van der Waals surface area contributed by atoms with E-state index in [9.17, 15) is 4.79 Å². The molecule has 1 aromatic heterocycles. The number of carbonyl (C=O) groups excluding carboxylic acids is 1. The van der Waals surface area contributed by atoms with Crippen LogP contribution in [0.25, 0.3) is 0 Å². The number of nitrogens with zero attached hydrogens (tertiary/aromatic N) is 2. The Kier molecular flexibility index (Phi) is 5.76. The van der Waals surface area contributed by atoms with Gasteiger partial charge in [-0.15, -0.1) is 0 Å². The summed E-state index contributed by atoms with van der Waals surface area (Å²) in [5.74, 6) is 0.595. The summed E-state index contributed by atoms with van der Waals surface area (Å²) in [4.78, 5) is 21.4. The van der Waals surface area contributed by atoms with Crippen molar-refractivity contribution >= 4 is 12.1 Å². The lowest BCUT2D eigenvalue weighted by molar-refractivity contribution is -0.108. The van der Waals surface area contributed by atoms with Crippen LogP contribution in [0.1, 0.15) is 50.6 Å². The minimum Gasteiger partial charge on any atom is -0.356 e. The number of fused-ring (bicyclic) bond motifs is 1. The standard InChI is InChI=1S/C21H28N4O/c1-4-6-20-18(23-14-26)7-5-10-25(20)13-17-12-16-8-9-22-19(11-15(2)3)21(16)24-17/h5-7,10,12,14-15,24H,4,8-9,11,13H2,1-3H3,(H,23,26)/b20-6-. The van der Waals surface area contributed by atoms with E-state index in [0.717, 1.165) is 50.2 Å². The van der Waals surface area contributed by atoms with Gasteiger partial charge in [-0.3, -0.25) is 9.79 Å². The van der Waals surface area contributed by atoms with Crippen molar-refractivity contribution in [2.24, 2.45) is 10.9 Å². The molecule has 5 nitrogen and oxygen atoms in total. The molecule has 2 aliphatic heterocycles. The summed E-state index contributed by atoms with van der Waals surface area (Å²) in [6.45, 7) is 8.18. The maximum absolute atomic E-state index is 10.9. The number of hydrogen-bond donors (Lipinski definition) is 2. The third-order valence-electron chi connectivity index (χ3n) is 4.60. The lowest BCUT2D eigenvalue weighted by Gasteiger charge is -2.27. The molecular formula is C21H28N4O. The van der Waals surface area contributed by atoms with Gasteiger partial charge < -0.3 is 15.2 Å². The fraction of sp³-hybridized carbons (Fsp3) is 0.429. The van der Waals surface area contributed by atoms with Gasteiger partial charge in [0.2, 0.25) is 6.41 Å². The van der Waals surface area contributed by atoms with Crippen LogP contribution in [0.3, 0.4) is 0 Å². The van der Waals surface area contributed by atoms with E-state index in [-0.39, 0.29) is 0 Å². The van der Waals surface area contributed by atoms with Crippen molar-refractivity contribution in [1.82, 2.24) is 15.2 Å². The van der Waals surface area contributed by atoms with Crippen LogP contribution in [0.15, 0.2) is 46.9 Å². The van der Waals surface area contributed by atoms with Gasteiger partial charge in [-0.1, -0.05) is 26.8 Å². The number of aliphatic imine (C=N–C) groups is 1. The monoisotopic (exact) mass is 352 g/mol. The van der Waals surface area contributed by atoms with Crippen LogP contribution in [0.4, 0.5) is 0 Å². The van der Waals surface area contributed by atoms with Gasteiger partial charge >= 0.3 is 0 Å². The minimum absolute atomic E-state index is 0.595. The van der Waals surface area contributed by atoms with E-state index in [1.807, 2.05) is 12.2 Å². The smallest absolute Gasteiger partial charge is 0.211 e. The zero-order valence-corrected chi connectivity index (χ0v) is 15.9. The highest BCUT2D eigenvalue weighted by Gasteiger charge is 2.20. The van der Waals surface area contributed by atoms with E-state index in [1.165, 1.54) is 22.7 Å². The molecule has 0 fully saturated rings. The summed E-state index contributed by atoms with van der Waals surface area (Å²) in [6.07, 6.45) is 11.7. The van der Waals surface area contributed by atoms with Crippen LogP contribution in [0.5, 0.6) is 0 Å². The zero-order valence-electron chi connectivity index (χ0n) is 15.9.